The predicted octanol–water partition coefficient (Wildman–Crippen LogP) is 3.32. The predicted molar refractivity (Wildman–Crippen MR) is 95.3 cm³/mol. The van der Waals surface area contributed by atoms with Gasteiger partial charge in [0.2, 0.25) is 5.13 Å². The normalized spacial score (nSPS) is 10.5. The van der Waals surface area contributed by atoms with Crippen molar-refractivity contribution in [2.45, 2.75) is 6.92 Å². The summed E-state index contributed by atoms with van der Waals surface area (Å²) in [4.78, 5) is 16.8. The quantitative estimate of drug-likeness (QED) is 0.737. The molecule has 3 rings (SSSR count). The zero-order chi connectivity index (χ0) is 18.7. The van der Waals surface area contributed by atoms with E-state index in [-0.39, 0.29) is 16.3 Å². The maximum Gasteiger partial charge on any atom is 0.295 e. The van der Waals surface area contributed by atoms with Crippen molar-refractivity contribution in [3.8, 4) is 22.1 Å². The van der Waals surface area contributed by atoms with Crippen LogP contribution in [-0.4, -0.2) is 35.3 Å². The number of rotatable bonds is 5. The Morgan fingerprint density at radius 2 is 1.96 bits per heavy atom. The largest absolute Gasteiger partial charge is 0.497 e. The van der Waals surface area contributed by atoms with Crippen LogP contribution in [-0.2, 0) is 0 Å². The Bertz CT molecular complexity index is 961. The van der Waals surface area contributed by atoms with Crippen molar-refractivity contribution in [2.24, 2.45) is 0 Å². The van der Waals surface area contributed by atoms with Gasteiger partial charge in [0.05, 0.1) is 19.8 Å². The van der Waals surface area contributed by atoms with Gasteiger partial charge in [-0.05, 0) is 42.5 Å². The van der Waals surface area contributed by atoms with Gasteiger partial charge in [0.1, 0.15) is 11.6 Å². The maximum absolute atomic E-state index is 14.4. The minimum Gasteiger partial charge on any atom is -0.497 e. The van der Waals surface area contributed by atoms with Crippen molar-refractivity contribution in [2.75, 3.05) is 19.5 Å². The number of benzene rings is 1. The summed E-state index contributed by atoms with van der Waals surface area (Å²) >= 11 is 1.08. The number of hydrogen-bond donors (Lipinski definition) is 1. The number of ether oxygens (including phenoxy) is 2. The highest BCUT2D eigenvalue weighted by molar-refractivity contribution is 7.17. The molecule has 0 aliphatic rings. The fourth-order valence-electron chi connectivity index (χ4n) is 2.31. The van der Waals surface area contributed by atoms with Crippen LogP contribution in [0.2, 0.25) is 0 Å². The van der Waals surface area contributed by atoms with Gasteiger partial charge < -0.3 is 9.47 Å². The van der Waals surface area contributed by atoms with Gasteiger partial charge in [0.25, 0.3) is 11.1 Å². The van der Waals surface area contributed by atoms with Crippen molar-refractivity contribution in [3.05, 3.63) is 47.5 Å². The summed E-state index contributed by atoms with van der Waals surface area (Å²) in [5.74, 6) is -0.465. The van der Waals surface area contributed by atoms with Crippen molar-refractivity contribution in [1.29, 1.82) is 0 Å². The summed E-state index contributed by atoms with van der Waals surface area (Å²) in [5, 5.41) is 10.8. The average Bonchev–Trinajstić information content (AvgIpc) is 3.09. The van der Waals surface area contributed by atoms with E-state index in [0.29, 0.717) is 22.2 Å². The molecular weight excluding hydrogens is 359 g/mol. The fourth-order valence-corrected chi connectivity index (χ4v) is 2.86. The molecule has 0 unspecified atom stereocenters. The molecule has 0 bridgehead atoms. The third-order valence-electron chi connectivity index (χ3n) is 3.55. The highest BCUT2D eigenvalue weighted by Crippen LogP contribution is 2.31. The molecule has 26 heavy (non-hydrogen) atoms. The Morgan fingerprint density at radius 3 is 2.65 bits per heavy atom. The van der Waals surface area contributed by atoms with Crippen molar-refractivity contribution >= 4 is 22.4 Å². The standard InChI is InChI=1S/C17H15FN4O3S/c1-9-6-11(12-7-10(24-2)4-5-14(12)18)13(8-19-9)15(23)20-16-21-22-17(25-3)26-16/h4-8H,1-3H3,(H,20,21,23). The number of aromatic nitrogens is 3. The Balaban J connectivity index is 2.02. The van der Waals surface area contributed by atoms with Gasteiger partial charge in [0.15, 0.2) is 0 Å². The molecule has 3 aromatic rings. The molecule has 2 aromatic heterocycles. The van der Waals surface area contributed by atoms with Crippen LogP contribution in [0.15, 0.2) is 30.5 Å². The first kappa shape index (κ1) is 17.7. The second-order valence-corrected chi connectivity index (χ2v) is 6.19. The number of amides is 1. The zero-order valence-corrected chi connectivity index (χ0v) is 15.1. The molecule has 0 radical (unpaired) electrons. The van der Waals surface area contributed by atoms with Crippen LogP contribution < -0.4 is 14.8 Å². The molecular formula is C17H15FN4O3S. The lowest BCUT2D eigenvalue weighted by Crippen LogP contribution is -2.14. The van der Waals surface area contributed by atoms with Crippen molar-refractivity contribution in [1.82, 2.24) is 15.2 Å². The van der Waals surface area contributed by atoms with Crippen LogP contribution in [0.3, 0.4) is 0 Å². The van der Waals surface area contributed by atoms with Crippen LogP contribution in [0.4, 0.5) is 9.52 Å². The first-order valence-electron chi connectivity index (χ1n) is 7.51. The SMILES string of the molecule is COc1ccc(F)c(-c2cc(C)ncc2C(=O)Nc2nnc(OC)s2)c1. The van der Waals surface area contributed by atoms with Crippen LogP contribution in [0.1, 0.15) is 16.1 Å². The number of carbonyl (C=O) groups excluding carboxylic acids is 1. The van der Waals surface area contributed by atoms with Gasteiger partial charge in [-0.25, -0.2) is 4.39 Å². The highest BCUT2D eigenvalue weighted by atomic mass is 32.1. The third kappa shape index (κ3) is 3.62. The lowest BCUT2D eigenvalue weighted by atomic mass is 9.99. The highest BCUT2D eigenvalue weighted by Gasteiger charge is 2.19. The van der Waals surface area contributed by atoms with E-state index in [9.17, 15) is 9.18 Å². The second-order valence-electron chi connectivity index (χ2n) is 5.25. The number of halogens is 1. The molecule has 1 amide bonds. The average molecular weight is 374 g/mol. The van der Waals surface area contributed by atoms with E-state index in [4.69, 9.17) is 9.47 Å². The number of anilines is 1. The van der Waals surface area contributed by atoms with E-state index in [0.717, 1.165) is 11.3 Å². The lowest BCUT2D eigenvalue weighted by Gasteiger charge is -2.12. The number of carbonyl (C=O) groups is 1. The molecule has 0 saturated heterocycles. The molecule has 7 nitrogen and oxygen atoms in total. The van der Waals surface area contributed by atoms with E-state index in [1.54, 1.807) is 13.0 Å². The maximum atomic E-state index is 14.4. The van der Waals surface area contributed by atoms with Crippen LogP contribution in [0.25, 0.3) is 11.1 Å². The van der Waals surface area contributed by atoms with E-state index < -0.39 is 11.7 Å². The number of nitrogens with zero attached hydrogens (tertiary/aromatic N) is 3. The molecule has 0 aliphatic carbocycles. The van der Waals surface area contributed by atoms with Crippen molar-refractivity contribution in [3.63, 3.8) is 0 Å². The topological polar surface area (TPSA) is 86.2 Å². The van der Waals surface area contributed by atoms with Gasteiger partial charge in [-0.15, -0.1) is 5.10 Å². The van der Waals surface area contributed by atoms with Gasteiger partial charge in [0, 0.05) is 23.0 Å². The van der Waals surface area contributed by atoms with Crippen LogP contribution >= 0.6 is 11.3 Å². The zero-order valence-electron chi connectivity index (χ0n) is 14.2. The first-order valence-corrected chi connectivity index (χ1v) is 8.33. The summed E-state index contributed by atoms with van der Waals surface area (Å²) in [5.41, 5.74) is 1.51. The Morgan fingerprint density at radius 1 is 1.15 bits per heavy atom. The van der Waals surface area contributed by atoms with Crippen LogP contribution in [0.5, 0.6) is 10.9 Å². The van der Waals surface area contributed by atoms with Crippen LogP contribution in [0, 0.1) is 12.7 Å². The number of aryl methyl sites for hydroxylation is 1. The van der Waals surface area contributed by atoms with E-state index in [1.165, 1.54) is 38.6 Å². The smallest absolute Gasteiger partial charge is 0.295 e. The number of nitrogens with one attached hydrogen (secondary N) is 1. The number of methoxy groups -OCH3 is 2. The molecule has 9 heteroatoms. The van der Waals surface area contributed by atoms with Gasteiger partial charge in [-0.3, -0.25) is 15.1 Å². The molecule has 0 saturated carbocycles. The van der Waals surface area contributed by atoms with Crippen molar-refractivity contribution < 1.29 is 18.7 Å². The summed E-state index contributed by atoms with van der Waals surface area (Å²) < 4.78 is 24.5. The van der Waals surface area contributed by atoms with E-state index in [1.807, 2.05) is 0 Å². The number of hydrogen-bond acceptors (Lipinski definition) is 7. The molecule has 0 aliphatic heterocycles. The van der Waals surface area contributed by atoms with Gasteiger partial charge in [-0.1, -0.05) is 5.10 Å². The molecule has 2 heterocycles. The molecule has 0 atom stereocenters. The van der Waals surface area contributed by atoms with Gasteiger partial charge in [-0.2, -0.15) is 0 Å². The summed E-state index contributed by atoms with van der Waals surface area (Å²) in [7, 11) is 2.95. The summed E-state index contributed by atoms with van der Waals surface area (Å²) in [6.45, 7) is 1.76. The lowest BCUT2D eigenvalue weighted by molar-refractivity contribution is 0.102. The summed E-state index contributed by atoms with van der Waals surface area (Å²) in [6, 6.07) is 5.99. The number of pyridine rings is 1. The molecule has 1 N–H and O–H groups in total. The minimum absolute atomic E-state index is 0.205. The molecule has 0 spiro atoms. The van der Waals surface area contributed by atoms with E-state index in [2.05, 4.69) is 20.5 Å². The molecule has 134 valence electrons. The summed E-state index contributed by atoms with van der Waals surface area (Å²) in [6.07, 6.45) is 1.40. The van der Waals surface area contributed by atoms with Gasteiger partial charge >= 0.3 is 0 Å². The van der Waals surface area contributed by atoms with E-state index >= 15 is 0 Å². The fraction of sp³-hybridized carbons (Fsp3) is 0.176. The first-order chi connectivity index (χ1) is 12.5. The molecule has 1 aromatic carbocycles. The molecule has 0 fully saturated rings. The third-order valence-corrected chi connectivity index (χ3v) is 4.35. The Hall–Kier alpha value is -3.07. The monoisotopic (exact) mass is 374 g/mol. The Kier molecular flexibility index (Phi) is 5.08. The Labute approximate surface area is 152 Å². The second kappa shape index (κ2) is 7.44. The minimum atomic E-state index is -0.478.